The third kappa shape index (κ3) is 4.56. The Hall–Kier alpha value is -2.63. The number of rotatable bonds is 6. The molecule has 0 bridgehead atoms. The molecular weight excluding hydrogens is 338 g/mol. The van der Waals surface area contributed by atoms with Crippen LogP contribution in [0.25, 0.3) is 0 Å². The van der Waals surface area contributed by atoms with E-state index < -0.39 is 0 Å². The van der Waals surface area contributed by atoms with Crippen molar-refractivity contribution >= 4 is 17.4 Å². The van der Waals surface area contributed by atoms with Crippen molar-refractivity contribution in [2.75, 3.05) is 42.5 Å². The first-order valence-electron chi connectivity index (χ1n) is 9.76. The summed E-state index contributed by atoms with van der Waals surface area (Å²) in [6.07, 6.45) is 3.52. The van der Waals surface area contributed by atoms with Crippen molar-refractivity contribution in [2.24, 2.45) is 0 Å². The Labute approximate surface area is 161 Å². The molecule has 1 aliphatic rings. The maximum absolute atomic E-state index is 12.2. The molecule has 0 spiro atoms. The number of nitrogens with zero attached hydrogens (tertiary/aromatic N) is 4. The van der Waals surface area contributed by atoms with Crippen molar-refractivity contribution in [1.82, 2.24) is 15.3 Å². The summed E-state index contributed by atoms with van der Waals surface area (Å²) in [5.41, 5.74) is 4.42. The number of hydrogen-bond acceptors (Lipinski definition) is 5. The Bertz CT molecular complexity index is 784. The van der Waals surface area contributed by atoms with Crippen LogP contribution in [-0.4, -0.2) is 48.6 Å². The number of aryl methyl sites for hydroxylation is 1. The molecule has 6 nitrogen and oxygen atoms in total. The molecule has 3 rings (SSSR count). The van der Waals surface area contributed by atoms with Crippen molar-refractivity contribution in [3.63, 3.8) is 0 Å². The number of carbonyl (C=O) groups excluding carboxylic acids is 1. The number of nitrogens with one attached hydrogen (secondary N) is 1. The summed E-state index contributed by atoms with van der Waals surface area (Å²) in [6.45, 7) is 10.8. The molecule has 1 fully saturated rings. The molecule has 1 saturated heterocycles. The van der Waals surface area contributed by atoms with Crippen LogP contribution in [-0.2, 0) is 0 Å². The van der Waals surface area contributed by atoms with Gasteiger partial charge in [0.05, 0.1) is 0 Å². The molecule has 0 aliphatic carbocycles. The molecule has 144 valence electrons. The predicted molar refractivity (Wildman–Crippen MR) is 110 cm³/mol. The average molecular weight is 367 g/mol. The largest absolute Gasteiger partial charge is 0.368 e. The molecule has 2 aromatic rings. The van der Waals surface area contributed by atoms with E-state index in [2.05, 4.69) is 64.1 Å². The van der Waals surface area contributed by atoms with Gasteiger partial charge in [-0.15, -0.1) is 0 Å². The van der Waals surface area contributed by atoms with Gasteiger partial charge in [-0.25, -0.2) is 9.97 Å². The van der Waals surface area contributed by atoms with Crippen molar-refractivity contribution < 1.29 is 4.79 Å². The number of unbranched alkanes of at least 4 members (excludes halogenated alkanes) is 1. The van der Waals surface area contributed by atoms with Crippen LogP contribution >= 0.6 is 0 Å². The summed E-state index contributed by atoms with van der Waals surface area (Å²) in [6, 6.07) is 8.28. The molecule has 27 heavy (non-hydrogen) atoms. The molecule has 0 saturated carbocycles. The highest BCUT2D eigenvalue weighted by molar-refractivity contribution is 5.92. The van der Waals surface area contributed by atoms with Gasteiger partial charge >= 0.3 is 0 Å². The fourth-order valence-electron chi connectivity index (χ4n) is 3.37. The number of piperazine rings is 1. The summed E-state index contributed by atoms with van der Waals surface area (Å²) in [7, 11) is 0. The minimum Gasteiger partial charge on any atom is -0.368 e. The molecule has 6 heteroatoms. The number of amides is 1. The first kappa shape index (κ1) is 19.1. The van der Waals surface area contributed by atoms with E-state index in [4.69, 9.17) is 0 Å². The minimum atomic E-state index is -0.124. The van der Waals surface area contributed by atoms with Gasteiger partial charge in [0.1, 0.15) is 17.8 Å². The average Bonchev–Trinajstić information content (AvgIpc) is 2.70. The van der Waals surface area contributed by atoms with E-state index in [1.807, 2.05) is 0 Å². The van der Waals surface area contributed by atoms with Crippen molar-refractivity contribution in [1.29, 1.82) is 0 Å². The number of anilines is 2. The summed E-state index contributed by atoms with van der Waals surface area (Å²) < 4.78 is 0. The Morgan fingerprint density at radius 1 is 1.11 bits per heavy atom. The van der Waals surface area contributed by atoms with E-state index in [-0.39, 0.29) is 5.91 Å². The van der Waals surface area contributed by atoms with Gasteiger partial charge in [0.25, 0.3) is 5.91 Å². The molecule has 0 unspecified atom stereocenters. The molecule has 1 aromatic carbocycles. The molecule has 0 atom stereocenters. The Kier molecular flexibility index (Phi) is 6.27. The molecule has 0 radical (unpaired) electrons. The van der Waals surface area contributed by atoms with Gasteiger partial charge in [-0.2, -0.15) is 0 Å². The third-order valence-corrected chi connectivity index (χ3v) is 5.22. The van der Waals surface area contributed by atoms with Crippen molar-refractivity contribution in [2.45, 2.75) is 33.6 Å². The zero-order valence-electron chi connectivity index (χ0n) is 16.5. The first-order chi connectivity index (χ1) is 13.1. The first-order valence-corrected chi connectivity index (χ1v) is 9.76. The SMILES string of the molecule is CCCCNC(=O)c1cc(N2CCN(c3cccc(C)c3C)CC2)ncn1. The molecule has 1 N–H and O–H groups in total. The van der Waals surface area contributed by atoms with Crippen molar-refractivity contribution in [3.8, 4) is 0 Å². The highest BCUT2D eigenvalue weighted by Crippen LogP contribution is 2.25. The van der Waals surface area contributed by atoms with Gasteiger partial charge in [0.15, 0.2) is 0 Å². The van der Waals surface area contributed by atoms with Crippen LogP contribution in [0.5, 0.6) is 0 Å². The zero-order chi connectivity index (χ0) is 19.2. The van der Waals surface area contributed by atoms with Crippen LogP contribution in [0.3, 0.4) is 0 Å². The van der Waals surface area contributed by atoms with Crippen LogP contribution in [0.1, 0.15) is 41.4 Å². The highest BCUT2D eigenvalue weighted by atomic mass is 16.1. The van der Waals surface area contributed by atoms with Crippen LogP contribution in [0.2, 0.25) is 0 Å². The van der Waals surface area contributed by atoms with E-state index in [1.54, 1.807) is 6.07 Å². The lowest BCUT2D eigenvalue weighted by Crippen LogP contribution is -2.47. The second-order valence-electron chi connectivity index (χ2n) is 7.06. The summed E-state index contributed by atoms with van der Waals surface area (Å²) in [5.74, 6) is 0.701. The summed E-state index contributed by atoms with van der Waals surface area (Å²) in [5, 5.41) is 2.91. The highest BCUT2D eigenvalue weighted by Gasteiger charge is 2.20. The predicted octanol–water partition coefficient (Wildman–Crippen LogP) is 2.95. The molecule has 2 heterocycles. The summed E-state index contributed by atoms with van der Waals surface area (Å²) in [4.78, 5) is 25.4. The standard InChI is InChI=1S/C21H29N5O/c1-4-5-9-22-21(27)18-14-20(24-15-23-18)26-12-10-25(11-13-26)19-8-6-7-16(2)17(19)3/h6-8,14-15H,4-5,9-13H2,1-3H3,(H,22,27). The minimum absolute atomic E-state index is 0.124. The lowest BCUT2D eigenvalue weighted by atomic mass is 10.1. The fourth-order valence-corrected chi connectivity index (χ4v) is 3.37. The van der Waals surface area contributed by atoms with Gasteiger partial charge in [0.2, 0.25) is 0 Å². The third-order valence-electron chi connectivity index (χ3n) is 5.22. The van der Waals surface area contributed by atoms with Gasteiger partial charge in [-0.1, -0.05) is 25.5 Å². The van der Waals surface area contributed by atoms with Crippen LogP contribution in [0.15, 0.2) is 30.6 Å². The topological polar surface area (TPSA) is 61.4 Å². The van der Waals surface area contributed by atoms with E-state index in [1.165, 1.54) is 23.1 Å². The molecule has 1 aliphatic heterocycles. The fraction of sp³-hybridized carbons (Fsp3) is 0.476. The lowest BCUT2D eigenvalue weighted by Gasteiger charge is -2.37. The number of hydrogen-bond donors (Lipinski definition) is 1. The second-order valence-corrected chi connectivity index (χ2v) is 7.06. The normalized spacial score (nSPS) is 14.3. The number of carbonyl (C=O) groups is 1. The van der Waals surface area contributed by atoms with E-state index in [9.17, 15) is 4.79 Å². The van der Waals surface area contributed by atoms with E-state index in [0.29, 0.717) is 12.2 Å². The summed E-state index contributed by atoms with van der Waals surface area (Å²) >= 11 is 0. The smallest absolute Gasteiger partial charge is 0.270 e. The van der Waals surface area contributed by atoms with Crippen LogP contribution in [0.4, 0.5) is 11.5 Å². The van der Waals surface area contributed by atoms with Gasteiger partial charge < -0.3 is 15.1 Å². The van der Waals surface area contributed by atoms with Gasteiger partial charge in [0, 0.05) is 44.5 Å². The molecular formula is C21H29N5O. The maximum atomic E-state index is 12.2. The van der Waals surface area contributed by atoms with Crippen molar-refractivity contribution in [3.05, 3.63) is 47.4 Å². The zero-order valence-corrected chi connectivity index (χ0v) is 16.5. The molecule has 1 amide bonds. The monoisotopic (exact) mass is 367 g/mol. The number of benzene rings is 1. The molecule has 1 aromatic heterocycles. The van der Waals surface area contributed by atoms with Crippen LogP contribution < -0.4 is 15.1 Å². The quantitative estimate of drug-likeness (QED) is 0.796. The second kappa shape index (κ2) is 8.84. The van der Waals surface area contributed by atoms with Gasteiger partial charge in [-0.3, -0.25) is 4.79 Å². The van der Waals surface area contributed by atoms with Crippen LogP contribution in [0, 0.1) is 13.8 Å². The lowest BCUT2D eigenvalue weighted by molar-refractivity contribution is 0.0948. The Morgan fingerprint density at radius 3 is 2.59 bits per heavy atom. The Balaban J connectivity index is 1.63. The van der Waals surface area contributed by atoms with E-state index in [0.717, 1.165) is 44.8 Å². The Morgan fingerprint density at radius 2 is 1.85 bits per heavy atom. The number of aromatic nitrogens is 2. The van der Waals surface area contributed by atoms with Gasteiger partial charge in [-0.05, 0) is 37.5 Å². The van der Waals surface area contributed by atoms with E-state index >= 15 is 0 Å². The maximum Gasteiger partial charge on any atom is 0.270 e.